The summed E-state index contributed by atoms with van der Waals surface area (Å²) in [5, 5.41) is 3.18. The molecule has 0 radical (unpaired) electrons. The number of alkyl halides is 1. The second-order valence-electron chi connectivity index (χ2n) is 4.59. The van der Waals surface area contributed by atoms with Crippen molar-refractivity contribution in [1.82, 2.24) is 5.32 Å². The Balaban J connectivity index is 2.22. The molecular weight excluding hydrogens is 208 g/mol. The fraction of sp³-hybridized carbons (Fsp3) is 0.538. The van der Waals surface area contributed by atoms with Crippen molar-refractivity contribution in [2.75, 3.05) is 6.54 Å². The Labute approximate surface area is 94.9 Å². The highest BCUT2D eigenvalue weighted by Gasteiger charge is 2.36. The quantitative estimate of drug-likeness (QED) is 0.815. The molecule has 3 heteroatoms. The van der Waals surface area contributed by atoms with Gasteiger partial charge in [-0.25, -0.2) is 8.78 Å². The lowest BCUT2D eigenvalue weighted by Crippen LogP contribution is -2.46. The predicted octanol–water partition coefficient (Wildman–Crippen LogP) is 3.15. The maximum atomic E-state index is 14.7. The Morgan fingerprint density at radius 3 is 2.81 bits per heavy atom. The lowest BCUT2D eigenvalue weighted by molar-refractivity contribution is 0.107. The van der Waals surface area contributed by atoms with E-state index in [9.17, 15) is 8.78 Å². The van der Waals surface area contributed by atoms with Crippen LogP contribution in [-0.2, 0) is 5.67 Å². The number of hydrogen-bond donors (Lipinski definition) is 1. The topological polar surface area (TPSA) is 12.0 Å². The van der Waals surface area contributed by atoms with Gasteiger partial charge in [0.15, 0.2) is 0 Å². The van der Waals surface area contributed by atoms with Crippen LogP contribution in [0.3, 0.4) is 0 Å². The first-order valence-corrected chi connectivity index (χ1v) is 5.79. The van der Waals surface area contributed by atoms with Crippen LogP contribution in [0.2, 0.25) is 0 Å². The van der Waals surface area contributed by atoms with Crippen LogP contribution in [0.5, 0.6) is 0 Å². The van der Waals surface area contributed by atoms with Crippen molar-refractivity contribution in [3.8, 4) is 0 Å². The van der Waals surface area contributed by atoms with Crippen molar-refractivity contribution in [3.05, 3.63) is 35.6 Å². The molecule has 0 aromatic heterocycles. The van der Waals surface area contributed by atoms with Crippen molar-refractivity contribution >= 4 is 0 Å². The van der Waals surface area contributed by atoms with Gasteiger partial charge in [-0.3, -0.25) is 0 Å². The lowest BCUT2D eigenvalue weighted by atomic mass is 9.85. The second-order valence-corrected chi connectivity index (χ2v) is 4.59. The fourth-order valence-electron chi connectivity index (χ4n) is 2.31. The van der Waals surface area contributed by atoms with E-state index in [4.69, 9.17) is 0 Å². The number of benzene rings is 1. The molecule has 1 aliphatic heterocycles. The Bertz CT molecular complexity index is 357. The molecule has 1 heterocycles. The molecule has 88 valence electrons. The highest BCUT2D eigenvalue weighted by Crippen LogP contribution is 2.33. The van der Waals surface area contributed by atoms with Gasteiger partial charge in [0.25, 0.3) is 0 Å². The minimum absolute atomic E-state index is 0.206. The van der Waals surface area contributed by atoms with Crippen LogP contribution >= 0.6 is 0 Å². The van der Waals surface area contributed by atoms with Crippen molar-refractivity contribution in [2.45, 2.75) is 37.9 Å². The molecule has 0 amide bonds. The van der Waals surface area contributed by atoms with E-state index in [2.05, 4.69) is 5.32 Å². The van der Waals surface area contributed by atoms with Gasteiger partial charge < -0.3 is 5.32 Å². The van der Waals surface area contributed by atoms with Crippen LogP contribution in [0.15, 0.2) is 24.3 Å². The summed E-state index contributed by atoms with van der Waals surface area (Å²) in [6.07, 6.45) is 2.94. The van der Waals surface area contributed by atoms with Gasteiger partial charge in [-0.15, -0.1) is 0 Å². The van der Waals surface area contributed by atoms with Gasteiger partial charge >= 0.3 is 0 Å². The number of piperidine rings is 1. The minimum Gasteiger partial charge on any atom is -0.311 e. The van der Waals surface area contributed by atoms with Crippen molar-refractivity contribution in [2.24, 2.45) is 0 Å². The number of nitrogens with one attached hydrogen (secondary N) is 1. The first kappa shape index (κ1) is 11.5. The summed E-state index contributed by atoms with van der Waals surface area (Å²) in [5.41, 5.74) is -1.07. The summed E-state index contributed by atoms with van der Waals surface area (Å²) in [6, 6.07) is 5.64. The van der Waals surface area contributed by atoms with Crippen LogP contribution in [0.25, 0.3) is 0 Å². The smallest absolute Gasteiger partial charge is 0.148 e. The Morgan fingerprint density at radius 2 is 2.19 bits per heavy atom. The summed E-state index contributed by atoms with van der Waals surface area (Å²) in [7, 11) is 0. The van der Waals surface area contributed by atoms with Crippen LogP contribution in [0, 0.1) is 5.82 Å². The van der Waals surface area contributed by atoms with Crippen LogP contribution < -0.4 is 5.32 Å². The Kier molecular flexibility index (Phi) is 3.24. The molecule has 1 aliphatic rings. The molecule has 1 aromatic carbocycles. The van der Waals surface area contributed by atoms with Gasteiger partial charge in [0.2, 0.25) is 0 Å². The maximum Gasteiger partial charge on any atom is 0.148 e. The highest BCUT2D eigenvalue weighted by atomic mass is 19.1. The first-order chi connectivity index (χ1) is 7.60. The van der Waals surface area contributed by atoms with Gasteiger partial charge in [0, 0.05) is 6.04 Å². The van der Waals surface area contributed by atoms with Crippen molar-refractivity contribution in [1.29, 1.82) is 0 Å². The first-order valence-electron chi connectivity index (χ1n) is 5.79. The molecule has 1 saturated heterocycles. The molecule has 1 N–H and O–H groups in total. The average molecular weight is 225 g/mol. The average Bonchev–Trinajstić information content (AvgIpc) is 2.30. The van der Waals surface area contributed by atoms with E-state index in [0.29, 0.717) is 5.56 Å². The molecular formula is C13H17F2N. The molecule has 16 heavy (non-hydrogen) atoms. The molecule has 2 rings (SSSR count). The standard InChI is InChI=1S/C13H17F2N/c1-13(15,12-7-2-3-8-16-12)10-5-4-6-11(14)9-10/h4-6,9,12,16H,2-3,7-8H2,1H3. The third-order valence-electron chi connectivity index (χ3n) is 3.35. The SMILES string of the molecule is CC(F)(c1cccc(F)c1)C1CCCCN1. The van der Waals surface area contributed by atoms with E-state index >= 15 is 0 Å². The zero-order valence-corrected chi connectivity index (χ0v) is 9.47. The van der Waals surface area contributed by atoms with Crippen molar-refractivity contribution < 1.29 is 8.78 Å². The third kappa shape index (κ3) is 2.24. The monoisotopic (exact) mass is 225 g/mol. The van der Waals surface area contributed by atoms with Crippen LogP contribution in [0.1, 0.15) is 31.7 Å². The number of rotatable bonds is 2. The number of hydrogen-bond acceptors (Lipinski definition) is 1. The summed E-state index contributed by atoms with van der Waals surface area (Å²) in [6.45, 7) is 2.38. The summed E-state index contributed by atoms with van der Waals surface area (Å²) >= 11 is 0. The summed E-state index contributed by atoms with van der Waals surface area (Å²) < 4.78 is 27.7. The summed E-state index contributed by atoms with van der Waals surface area (Å²) in [5.74, 6) is -0.378. The van der Waals surface area contributed by atoms with E-state index in [-0.39, 0.29) is 11.9 Å². The Morgan fingerprint density at radius 1 is 1.38 bits per heavy atom. The summed E-state index contributed by atoms with van der Waals surface area (Å²) in [4.78, 5) is 0. The van der Waals surface area contributed by atoms with Crippen LogP contribution in [-0.4, -0.2) is 12.6 Å². The van der Waals surface area contributed by atoms with Crippen molar-refractivity contribution in [3.63, 3.8) is 0 Å². The third-order valence-corrected chi connectivity index (χ3v) is 3.35. The van der Waals surface area contributed by atoms with Gasteiger partial charge in [0.1, 0.15) is 11.5 Å². The van der Waals surface area contributed by atoms with E-state index < -0.39 is 5.67 Å². The fourth-order valence-corrected chi connectivity index (χ4v) is 2.31. The zero-order valence-electron chi connectivity index (χ0n) is 9.47. The zero-order chi connectivity index (χ0) is 11.6. The Hall–Kier alpha value is -0.960. The predicted molar refractivity (Wildman–Crippen MR) is 60.5 cm³/mol. The van der Waals surface area contributed by atoms with E-state index in [1.54, 1.807) is 12.1 Å². The van der Waals surface area contributed by atoms with Crippen LogP contribution in [0.4, 0.5) is 8.78 Å². The molecule has 1 nitrogen and oxygen atoms in total. The van der Waals surface area contributed by atoms with Gasteiger partial charge in [0.05, 0.1) is 0 Å². The van der Waals surface area contributed by atoms with Gasteiger partial charge in [-0.2, -0.15) is 0 Å². The molecule has 2 unspecified atom stereocenters. The highest BCUT2D eigenvalue weighted by molar-refractivity contribution is 5.24. The number of halogens is 2. The molecule has 2 atom stereocenters. The molecule has 0 bridgehead atoms. The van der Waals surface area contributed by atoms with Gasteiger partial charge in [-0.1, -0.05) is 18.6 Å². The normalized spacial score (nSPS) is 25.1. The van der Waals surface area contributed by atoms with E-state index in [1.165, 1.54) is 19.1 Å². The molecule has 1 aromatic rings. The minimum atomic E-state index is -1.50. The molecule has 1 fully saturated rings. The van der Waals surface area contributed by atoms with E-state index in [1.807, 2.05) is 0 Å². The largest absolute Gasteiger partial charge is 0.311 e. The van der Waals surface area contributed by atoms with Gasteiger partial charge in [-0.05, 0) is 44.0 Å². The molecule has 0 aliphatic carbocycles. The lowest BCUT2D eigenvalue weighted by Gasteiger charge is -2.34. The molecule has 0 spiro atoms. The molecule has 0 saturated carbocycles. The second kappa shape index (κ2) is 4.50. The maximum absolute atomic E-state index is 14.7. The van der Waals surface area contributed by atoms with E-state index in [0.717, 1.165) is 25.8 Å².